The van der Waals surface area contributed by atoms with Crippen LogP contribution in [0.15, 0.2) is 66.9 Å². The lowest BCUT2D eigenvalue weighted by Gasteiger charge is -2.53. The number of aromatic nitrogens is 1. The van der Waals surface area contributed by atoms with Crippen molar-refractivity contribution in [2.45, 2.75) is 50.5 Å². The second kappa shape index (κ2) is 8.43. The molecule has 168 valence electrons. The van der Waals surface area contributed by atoms with Gasteiger partial charge in [0, 0.05) is 11.8 Å². The molecule has 5 nitrogen and oxygen atoms in total. The highest BCUT2D eigenvalue weighted by atomic mass is 19.1. The SMILES string of the molecule is Cc1cccnc1NC(=O)C1c2ccccc2C(=O)N(c2ccccc2F)C12CCCCC2. The Hall–Kier alpha value is -3.54. The van der Waals surface area contributed by atoms with Crippen LogP contribution < -0.4 is 10.2 Å². The van der Waals surface area contributed by atoms with Crippen LogP contribution in [-0.2, 0) is 4.79 Å². The number of carbonyl (C=O) groups is 2. The first kappa shape index (κ1) is 21.3. The van der Waals surface area contributed by atoms with Crippen LogP contribution in [0.2, 0.25) is 0 Å². The van der Waals surface area contributed by atoms with Gasteiger partial charge in [-0.2, -0.15) is 0 Å². The Bertz CT molecular complexity index is 1220. The molecule has 3 aromatic rings. The first-order valence-corrected chi connectivity index (χ1v) is 11.4. The lowest BCUT2D eigenvalue weighted by Crippen LogP contribution is -2.62. The van der Waals surface area contributed by atoms with Crippen LogP contribution in [0, 0.1) is 12.7 Å². The molecule has 6 heteroatoms. The number of nitrogens with one attached hydrogen (secondary N) is 1. The van der Waals surface area contributed by atoms with Gasteiger partial charge in [0.2, 0.25) is 5.91 Å². The summed E-state index contributed by atoms with van der Waals surface area (Å²) < 4.78 is 15.1. The van der Waals surface area contributed by atoms with Gasteiger partial charge in [0.25, 0.3) is 5.91 Å². The van der Waals surface area contributed by atoms with Crippen molar-refractivity contribution < 1.29 is 14.0 Å². The summed E-state index contributed by atoms with van der Waals surface area (Å²) in [6.07, 6.45) is 5.65. The van der Waals surface area contributed by atoms with Crippen LogP contribution in [0.3, 0.4) is 0 Å². The summed E-state index contributed by atoms with van der Waals surface area (Å²) >= 11 is 0. The molecular formula is C27H26FN3O2. The Kier molecular flexibility index (Phi) is 5.44. The van der Waals surface area contributed by atoms with E-state index in [4.69, 9.17) is 0 Å². The summed E-state index contributed by atoms with van der Waals surface area (Å²) in [7, 11) is 0. The molecule has 0 radical (unpaired) electrons. The molecule has 1 unspecified atom stereocenters. The zero-order valence-corrected chi connectivity index (χ0v) is 18.6. The number of aryl methyl sites for hydroxylation is 1. The molecule has 1 aliphatic heterocycles. The minimum absolute atomic E-state index is 0.222. The fraction of sp³-hybridized carbons (Fsp3) is 0.296. The van der Waals surface area contributed by atoms with Crippen LogP contribution in [0.5, 0.6) is 0 Å². The Morgan fingerprint density at radius 1 is 1.03 bits per heavy atom. The molecule has 1 aromatic heterocycles. The van der Waals surface area contributed by atoms with E-state index >= 15 is 4.39 Å². The monoisotopic (exact) mass is 443 g/mol. The van der Waals surface area contributed by atoms with Gasteiger partial charge < -0.3 is 5.32 Å². The van der Waals surface area contributed by atoms with E-state index in [0.717, 1.165) is 24.8 Å². The summed E-state index contributed by atoms with van der Waals surface area (Å²) in [4.78, 5) is 33.7. The van der Waals surface area contributed by atoms with Crippen molar-refractivity contribution in [3.8, 4) is 0 Å². The topological polar surface area (TPSA) is 62.3 Å². The van der Waals surface area contributed by atoms with Crippen molar-refractivity contribution in [1.29, 1.82) is 0 Å². The maximum absolute atomic E-state index is 15.1. The van der Waals surface area contributed by atoms with E-state index in [0.29, 0.717) is 29.8 Å². The molecule has 0 bridgehead atoms. The maximum Gasteiger partial charge on any atom is 0.259 e. The summed E-state index contributed by atoms with van der Waals surface area (Å²) in [5.41, 5.74) is 1.37. The molecule has 33 heavy (non-hydrogen) atoms. The smallest absolute Gasteiger partial charge is 0.259 e. The highest BCUT2D eigenvalue weighted by molar-refractivity contribution is 6.13. The number of nitrogens with zero attached hydrogens (tertiary/aromatic N) is 2. The molecule has 2 heterocycles. The number of amides is 2. The number of carbonyl (C=O) groups excluding carboxylic acids is 2. The molecule has 2 amide bonds. The maximum atomic E-state index is 15.1. The van der Waals surface area contributed by atoms with Gasteiger partial charge in [-0.15, -0.1) is 0 Å². The number of hydrogen-bond acceptors (Lipinski definition) is 3. The first-order valence-electron chi connectivity index (χ1n) is 11.4. The Labute approximate surface area is 192 Å². The van der Waals surface area contributed by atoms with Crippen LogP contribution in [-0.4, -0.2) is 22.3 Å². The van der Waals surface area contributed by atoms with E-state index in [9.17, 15) is 9.59 Å². The van der Waals surface area contributed by atoms with E-state index in [2.05, 4.69) is 10.3 Å². The highest BCUT2D eigenvalue weighted by Gasteiger charge is 2.55. The molecule has 1 saturated carbocycles. The van der Waals surface area contributed by atoms with Gasteiger partial charge in [0.05, 0.1) is 17.1 Å². The van der Waals surface area contributed by atoms with Crippen LogP contribution >= 0.6 is 0 Å². The van der Waals surface area contributed by atoms with E-state index in [1.165, 1.54) is 6.07 Å². The van der Waals surface area contributed by atoms with Crippen molar-refractivity contribution in [2.75, 3.05) is 10.2 Å². The summed E-state index contributed by atoms with van der Waals surface area (Å²) in [6, 6.07) is 17.3. The van der Waals surface area contributed by atoms with Gasteiger partial charge in [0.15, 0.2) is 0 Å². The van der Waals surface area contributed by atoms with Crippen molar-refractivity contribution >= 4 is 23.3 Å². The molecule has 1 N–H and O–H groups in total. The molecule has 0 saturated heterocycles. The highest BCUT2D eigenvalue weighted by Crippen LogP contribution is 2.51. The second-order valence-electron chi connectivity index (χ2n) is 8.93. The predicted molar refractivity (Wildman–Crippen MR) is 126 cm³/mol. The Morgan fingerprint density at radius 3 is 2.52 bits per heavy atom. The van der Waals surface area contributed by atoms with Crippen LogP contribution in [0.25, 0.3) is 0 Å². The van der Waals surface area contributed by atoms with Crippen molar-refractivity contribution in [3.63, 3.8) is 0 Å². The minimum Gasteiger partial charge on any atom is -0.310 e. The molecule has 2 aliphatic rings. The standard InChI is InChI=1S/C27H26FN3O2/c1-18-10-9-17-29-24(18)30-25(32)23-19-11-3-4-12-20(19)26(33)31(22-14-6-5-13-21(22)28)27(23)15-7-2-8-16-27/h3-6,9-14,17,23H,2,7-8,15-16H2,1H3,(H,29,30,32). The number of hydrogen-bond donors (Lipinski definition) is 1. The van der Waals surface area contributed by atoms with E-state index in [-0.39, 0.29) is 17.5 Å². The quantitative estimate of drug-likeness (QED) is 0.572. The fourth-order valence-electron chi connectivity index (χ4n) is 5.53. The third kappa shape index (κ3) is 3.50. The van der Waals surface area contributed by atoms with Gasteiger partial charge in [-0.1, -0.05) is 55.7 Å². The lowest BCUT2D eigenvalue weighted by atomic mass is 9.65. The van der Waals surface area contributed by atoms with Crippen LogP contribution in [0.4, 0.5) is 15.9 Å². The molecule has 1 spiro atoms. The number of para-hydroxylation sites is 1. The zero-order chi connectivity index (χ0) is 23.0. The second-order valence-corrected chi connectivity index (χ2v) is 8.93. The van der Waals surface area contributed by atoms with Gasteiger partial charge in [-0.3, -0.25) is 14.5 Å². The lowest BCUT2D eigenvalue weighted by molar-refractivity contribution is -0.119. The van der Waals surface area contributed by atoms with E-state index in [1.54, 1.807) is 41.4 Å². The van der Waals surface area contributed by atoms with Gasteiger partial charge in [0.1, 0.15) is 11.6 Å². The molecule has 5 rings (SSSR count). The normalized spacial score (nSPS) is 19.3. The average molecular weight is 444 g/mol. The molecule has 1 atom stereocenters. The first-order chi connectivity index (χ1) is 16.0. The van der Waals surface area contributed by atoms with Gasteiger partial charge >= 0.3 is 0 Å². The third-order valence-electron chi connectivity index (χ3n) is 7.01. The molecular weight excluding hydrogens is 417 g/mol. The fourth-order valence-corrected chi connectivity index (χ4v) is 5.53. The van der Waals surface area contributed by atoms with Gasteiger partial charge in [-0.05, 0) is 55.2 Å². The molecule has 1 aliphatic carbocycles. The van der Waals surface area contributed by atoms with Crippen molar-refractivity contribution in [2.24, 2.45) is 0 Å². The number of fused-ring (bicyclic) bond motifs is 1. The Morgan fingerprint density at radius 2 is 1.76 bits per heavy atom. The zero-order valence-electron chi connectivity index (χ0n) is 18.6. The summed E-state index contributed by atoms with van der Waals surface area (Å²) in [6.45, 7) is 1.89. The number of rotatable bonds is 3. The van der Waals surface area contributed by atoms with Gasteiger partial charge in [-0.25, -0.2) is 9.37 Å². The van der Waals surface area contributed by atoms with Crippen LogP contribution in [0.1, 0.15) is 59.5 Å². The minimum atomic E-state index is -0.849. The molecule has 1 fully saturated rings. The largest absolute Gasteiger partial charge is 0.310 e. The number of halogens is 1. The van der Waals surface area contributed by atoms with E-state index < -0.39 is 17.3 Å². The number of benzene rings is 2. The third-order valence-corrected chi connectivity index (χ3v) is 7.01. The average Bonchev–Trinajstić information content (AvgIpc) is 2.82. The predicted octanol–water partition coefficient (Wildman–Crippen LogP) is 5.61. The number of pyridine rings is 1. The summed E-state index contributed by atoms with van der Waals surface area (Å²) in [5.74, 6) is -1.08. The molecule has 2 aromatic carbocycles. The van der Waals surface area contributed by atoms with Crippen molar-refractivity contribution in [1.82, 2.24) is 4.98 Å². The van der Waals surface area contributed by atoms with Crippen molar-refractivity contribution in [3.05, 3.63) is 89.4 Å². The summed E-state index contributed by atoms with van der Waals surface area (Å²) in [5, 5.41) is 3.01. The van der Waals surface area contributed by atoms with E-state index in [1.807, 2.05) is 31.2 Å². The Balaban J connectivity index is 1.70. The number of anilines is 2.